The van der Waals surface area contributed by atoms with E-state index in [1.807, 2.05) is 0 Å². The van der Waals surface area contributed by atoms with Gasteiger partial charge in [0.15, 0.2) is 0 Å². The molecule has 0 unspecified atom stereocenters. The van der Waals surface area contributed by atoms with Crippen molar-refractivity contribution in [1.82, 2.24) is 4.90 Å². The zero-order chi connectivity index (χ0) is 12.3. The summed E-state index contributed by atoms with van der Waals surface area (Å²) in [5.41, 5.74) is 0.487. The quantitative estimate of drug-likeness (QED) is 0.715. The Morgan fingerprint density at radius 2 is 1.76 bits per heavy atom. The largest absolute Gasteiger partial charge is 0.490 e. The molecular formula is C12H18BNO3. The average molecular weight is 235 g/mol. The van der Waals surface area contributed by atoms with Gasteiger partial charge in [-0.2, -0.15) is 0 Å². The lowest BCUT2D eigenvalue weighted by atomic mass is 9.80. The Kier molecular flexibility index (Phi) is 4.04. The Bertz CT molecular complexity index is 347. The lowest BCUT2D eigenvalue weighted by Gasteiger charge is -2.29. The van der Waals surface area contributed by atoms with Crippen LogP contribution < -0.4 is 10.2 Å². The summed E-state index contributed by atoms with van der Waals surface area (Å²) in [7, 11) is 0.709. The van der Waals surface area contributed by atoms with Gasteiger partial charge >= 0.3 is 7.12 Å². The van der Waals surface area contributed by atoms with E-state index in [0.29, 0.717) is 5.46 Å². The summed E-state index contributed by atoms with van der Waals surface area (Å²) in [5, 5.41) is 17.9. The highest BCUT2D eigenvalue weighted by atomic mass is 16.5. The summed E-state index contributed by atoms with van der Waals surface area (Å²) in [6.45, 7) is 2.14. The van der Waals surface area contributed by atoms with Gasteiger partial charge in [-0.05, 0) is 37.5 Å². The highest BCUT2D eigenvalue weighted by Gasteiger charge is 2.18. The van der Waals surface area contributed by atoms with Gasteiger partial charge in [0, 0.05) is 13.1 Å². The molecule has 0 amide bonds. The molecule has 0 spiro atoms. The van der Waals surface area contributed by atoms with Gasteiger partial charge in [-0.3, -0.25) is 0 Å². The van der Waals surface area contributed by atoms with Crippen molar-refractivity contribution in [2.45, 2.75) is 18.9 Å². The third kappa shape index (κ3) is 3.46. The molecule has 17 heavy (non-hydrogen) atoms. The molecule has 1 saturated heterocycles. The van der Waals surface area contributed by atoms with Gasteiger partial charge in [0.05, 0.1) is 0 Å². The molecule has 1 fully saturated rings. The first-order valence-electron chi connectivity index (χ1n) is 5.96. The Hall–Kier alpha value is -1.04. The standard InChI is InChI=1S/C12H18BNO3/c1-14-8-6-12(7-9-14)17-11-4-2-10(3-5-11)13(15)16/h2-5,12,15-16H,6-9H2,1H3. The molecule has 0 saturated carbocycles. The second-order valence-electron chi connectivity index (χ2n) is 4.56. The molecule has 0 bridgehead atoms. The molecule has 2 rings (SSSR count). The van der Waals surface area contributed by atoms with E-state index in [1.165, 1.54) is 0 Å². The second-order valence-corrected chi connectivity index (χ2v) is 4.56. The molecule has 4 nitrogen and oxygen atoms in total. The summed E-state index contributed by atoms with van der Waals surface area (Å²) in [4.78, 5) is 2.30. The lowest BCUT2D eigenvalue weighted by Crippen LogP contribution is -2.35. The Morgan fingerprint density at radius 1 is 1.18 bits per heavy atom. The minimum absolute atomic E-state index is 0.274. The molecule has 0 atom stereocenters. The molecular weight excluding hydrogens is 217 g/mol. The minimum Gasteiger partial charge on any atom is -0.490 e. The van der Waals surface area contributed by atoms with Crippen LogP contribution in [-0.4, -0.2) is 48.3 Å². The van der Waals surface area contributed by atoms with Gasteiger partial charge in [0.2, 0.25) is 0 Å². The summed E-state index contributed by atoms with van der Waals surface area (Å²) < 4.78 is 5.85. The van der Waals surface area contributed by atoms with Crippen LogP contribution in [0.3, 0.4) is 0 Å². The molecule has 0 aromatic heterocycles. The fourth-order valence-corrected chi connectivity index (χ4v) is 2.01. The molecule has 5 heteroatoms. The molecule has 2 N–H and O–H groups in total. The molecule has 92 valence electrons. The fraction of sp³-hybridized carbons (Fsp3) is 0.500. The van der Waals surface area contributed by atoms with E-state index >= 15 is 0 Å². The SMILES string of the molecule is CN1CCC(Oc2ccc(B(O)O)cc2)CC1. The number of rotatable bonds is 3. The maximum absolute atomic E-state index is 8.97. The second kappa shape index (κ2) is 5.53. The number of benzene rings is 1. The number of hydrogen-bond acceptors (Lipinski definition) is 4. The van der Waals surface area contributed by atoms with Crippen LogP contribution in [-0.2, 0) is 0 Å². The zero-order valence-electron chi connectivity index (χ0n) is 10.0. The van der Waals surface area contributed by atoms with Crippen molar-refractivity contribution in [1.29, 1.82) is 0 Å². The number of likely N-dealkylation sites (tertiary alicyclic amines) is 1. The smallest absolute Gasteiger partial charge is 0.488 e. The molecule has 1 aliphatic rings. The van der Waals surface area contributed by atoms with Crippen molar-refractivity contribution in [3.05, 3.63) is 24.3 Å². The van der Waals surface area contributed by atoms with Crippen LogP contribution in [0, 0.1) is 0 Å². The van der Waals surface area contributed by atoms with Crippen LogP contribution in [0.1, 0.15) is 12.8 Å². The predicted octanol–water partition coefficient (Wildman–Crippen LogP) is -0.161. The fourth-order valence-electron chi connectivity index (χ4n) is 2.01. The predicted molar refractivity (Wildman–Crippen MR) is 67.4 cm³/mol. The van der Waals surface area contributed by atoms with Gasteiger partial charge in [0.25, 0.3) is 0 Å². The molecule has 1 aliphatic heterocycles. The van der Waals surface area contributed by atoms with Gasteiger partial charge < -0.3 is 19.7 Å². The van der Waals surface area contributed by atoms with E-state index in [9.17, 15) is 0 Å². The highest BCUT2D eigenvalue weighted by Crippen LogP contribution is 2.17. The van der Waals surface area contributed by atoms with Crippen molar-refractivity contribution >= 4 is 12.6 Å². The maximum Gasteiger partial charge on any atom is 0.488 e. The maximum atomic E-state index is 8.97. The molecule has 0 aliphatic carbocycles. The first-order valence-corrected chi connectivity index (χ1v) is 5.96. The Balaban J connectivity index is 1.90. The van der Waals surface area contributed by atoms with E-state index in [1.54, 1.807) is 24.3 Å². The van der Waals surface area contributed by atoms with Crippen LogP contribution >= 0.6 is 0 Å². The summed E-state index contributed by atoms with van der Waals surface area (Å²) >= 11 is 0. The Labute approximate surface area is 102 Å². The van der Waals surface area contributed by atoms with E-state index in [0.717, 1.165) is 31.7 Å². The first kappa shape index (κ1) is 12.4. The third-order valence-electron chi connectivity index (χ3n) is 3.15. The van der Waals surface area contributed by atoms with Crippen molar-refractivity contribution in [2.75, 3.05) is 20.1 Å². The monoisotopic (exact) mass is 235 g/mol. The van der Waals surface area contributed by atoms with Gasteiger partial charge in [-0.15, -0.1) is 0 Å². The average Bonchev–Trinajstić information content (AvgIpc) is 2.33. The van der Waals surface area contributed by atoms with Gasteiger partial charge in [0.1, 0.15) is 11.9 Å². The van der Waals surface area contributed by atoms with Gasteiger partial charge in [-0.25, -0.2) is 0 Å². The van der Waals surface area contributed by atoms with Crippen LogP contribution in [0.2, 0.25) is 0 Å². The van der Waals surface area contributed by atoms with Crippen LogP contribution in [0.5, 0.6) is 5.75 Å². The number of nitrogens with zero attached hydrogens (tertiary/aromatic N) is 1. The molecule has 1 aromatic carbocycles. The zero-order valence-corrected chi connectivity index (χ0v) is 10.0. The normalized spacial score (nSPS) is 18.1. The Morgan fingerprint density at radius 3 is 2.29 bits per heavy atom. The molecule has 1 heterocycles. The molecule has 1 aromatic rings. The highest BCUT2D eigenvalue weighted by molar-refractivity contribution is 6.58. The van der Waals surface area contributed by atoms with Crippen molar-refractivity contribution in [3.63, 3.8) is 0 Å². The van der Waals surface area contributed by atoms with E-state index in [-0.39, 0.29) is 6.10 Å². The van der Waals surface area contributed by atoms with E-state index in [4.69, 9.17) is 14.8 Å². The van der Waals surface area contributed by atoms with Crippen LogP contribution in [0.4, 0.5) is 0 Å². The van der Waals surface area contributed by atoms with Crippen molar-refractivity contribution in [2.24, 2.45) is 0 Å². The van der Waals surface area contributed by atoms with E-state index < -0.39 is 7.12 Å². The van der Waals surface area contributed by atoms with E-state index in [2.05, 4.69) is 11.9 Å². The summed E-state index contributed by atoms with van der Waals surface area (Å²) in [6, 6.07) is 6.92. The number of ether oxygens (including phenoxy) is 1. The lowest BCUT2D eigenvalue weighted by molar-refractivity contribution is 0.114. The number of piperidine rings is 1. The molecule has 0 radical (unpaired) electrons. The van der Waals surface area contributed by atoms with Crippen LogP contribution in [0.15, 0.2) is 24.3 Å². The van der Waals surface area contributed by atoms with Gasteiger partial charge in [-0.1, -0.05) is 12.1 Å². The minimum atomic E-state index is -1.41. The number of hydrogen-bond donors (Lipinski definition) is 2. The third-order valence-corrected chi connectivity index (χ3v) is 3.15. The van der Waals surface area contributed by atoms with Crippen molar-refractivity contribution < 1.29 is 14.8 Å². The summed E-state index contributed by atoms with van der Waals surface area (Å²) in [6.07, 6.45) is 2.36. The van der Waals surface area contributed by atoms with Crippen molar-refractivity contribution in [3.8, 4) is 5.75 Å². The summed E-state index contributed by atoms with van der Waals surface area (Å²) in [5.74, 6) is 0.795. The van der Waals surface area contributed by atoms with Crippen LogP contribution in [0.25, 0.3) is 0 Å². The first-order chi connectivity index (χ1) is 8.15. The topological polar surface area (TPSA) is 52.9 Å².